The summed E-state index contributed by atoms with van der Waals surface area (Å²) in [5, 5.41) is 3.69. The molecule has 3 rings (SSSR count). The van der Waals surface area contributed by atoms with Crippen LogP contribution in [0, 0.1) is 17.5 Å². The Morgan fingerprint density at radius 3 is 2.03 bits per heavy atom. The van der Waals surface area contributed by atoms with E-state index < -0.39 is 57.3 Å². The van der Waals surface area contributed by atoms with E-state index in [4.69, 9.17) is 11.6 Å². The Balaban J connectivity index is 1.89. The Hall–Kier alpha value is -3.53. The van der Waals surface area contributed by atoms with Crippen LogP contribution in [0.5, 0.6) is 0 Å². The summed E-state index contributed by atoms with van der Waals surface area (Å²) in [4.78, 5) is 24.5. The topological polar surface area (TPSA) is 58.2 Å². The van der Waals surface area contributed by atoms with Gasteiger partial charge in [-0.15, -0.1) is 0 Å². The Morgan fingerprint density at radius 2 is 1.41 bits per heavy atom. The van der Waals surface area contributed by atoms with Crippen molar-refractivity contribution in [2.24, 2.45) is 0 Å². The highest BCUT2D eigenvalue weighted by Gasteiger charge is 2.34. The largest absolute Gasteiger partial charge is 0.418 e. The predicted molar refractivity (Wildman–Crippen MR) is 105 cm³/mol. The van der Waals surface area contributed by atoms with Gasteiger partial charge in [0.25, 0.3) is 11.8 Å². The molecule has 0 spiro atoms. The first-order chi connectivity index (χ1) is 15.0. The standard InChI is InChI=1S/C21H11ClF6N2O2/c22-15-9-17(25)16(24)8-13(15)20(32)30-18-6-5-12(7-14(18)21(26,27)28)29-19(31)10-1-3-11(23)4-2-10/h1-9H,(H,29,31)(H,30,32). The maximum absolute atomic E-state index is 13.5. The molecule has 166 valence electrons. The number of anilines is 2. The van der Waals surface area contributed by atoms with E-state index in [0.717, 1.165) is 36.4 Å². The molecule has 3 aromatic carbocycles. The lowest BCUT2D eigenvalue weighted by Crippen LogP contribution is -2.18. The molecule has 0 fully saturated rings. The average molecular weight is 473 g/mol. The molecule has 2 N–H and O–H groups in total. The molecular weight excluding hydrogens is 462 g/mol. The maximum atomic E-state index is 13.5. The molecular formula is C21H11ClF6N2O2. The van der Waals surface area contributed by atoms with Crippen molar-refractivity contribution >= 4 is 34.8 Å². The van der Waals surface area contributed by atoms with Gasteiger partial charge < -0.3 is 10.6 Å². The van der Waals surface area contributed by atoms with E-state index in [1.54, 1.807) is 0 Å². The number of hydrogen-bond donors (Lipinski definition) is 2. The van der Waals surface area contributed by atoms with E-state index in [1.807, 2.05) is 5.32 Å². The van der Waals surface area contributed by atoms with Crippen LogP contribution >= 0.6 is 11.6 Å². The molecule has 0 unspecified atom stereocenters. The van der Waals surface area contributed by atoms with Crippen molar-refractivity contribution in [3.8, 4) is 0 Å². The van der Waals surface area contributed by atoms with E-state index >= 15 is 0 Å². The lowest BCUT2D eigenvalue weighted by Gasteiger charge is -2.16. The van der Waals surface area contributed by atoms with Crippen molar-refractivity contribution in [3.63, 3.8) is 0 Å². The second kappa shape index (κ2) is 8.91. The highest BCUT2D eigenvalue weighted by atomic mass is 35.5. The highest BCUT2D eigenvalue weighted by Crippen LogP contribution is 2.37. The van der Waals surface area contributed by atoms with E-state index in [9.17, 15) is 35.9 Å². The van der Waals surface area contributed by atoms with Crippen molar-refractivity contribution in [1.82, 2.24) is 0 Å². The summed E-state index contributed by atoms with van der Waals surface area (Å²) in [6.45, 7) is 0. The van der Waals surface area contributed by atoms with Gasteiger partial charge in [-0.2, -0.15) is 13.2 Å². The highest BCUT2D eigenvalue weighted by molar-refractivity contribution is 6.34. The van der Waals surface area contributed by atoms with Gasteiger partial charge in [0.2, 0.25) is 0 Å². The summed E-state index contributed by atoms with van der Waals surface area (Å²) in [6.07, 6.45) is -4.95. The average Bonchev–Trinajstić information content (AvgIpc) is 2.71. The molecule has 0 saturated heterocycles. The van der Waals surface area contributed by atoms with E-state index in [-0.39, 0.29) is 11.3 Å². The minimum Gasteiger partial charge on any atom is -0.322 e. The first-order valence-corrected chi connectivity index (χ1v) is 9.07. The fourth-order valence-corrected chi connectivity index (χ4v) is 2.89. The molecule has 0 radical (unpaired) electrons. The molecule has 0 bridgehead atoms. The molecule has 4 nitrogen and oxygen atoms in total. The fraction of sp³-hybridized carbons (Fsp3) is 0.0476. The first kappa shape index (κ1) is 23.1. The predicted octanol–water partition coefficient (Wildman–Crippen LogP) is 6.28. The summed E-state index contributed by atoms with van der Waals surface area (Å²) < 4.78 is 80.2. The molecule has 0 aromatic heterocycles. The third kappa shape index (κ3) is 5.20. The third-order valence-electron chi connectivity index (χ3n) is 4.19. The fourth-order valence-electron chi connectivity index (χ4n) is 2.66. The summed E-state index contributed by atoms with van der Waals surface area (Å²) in [5.41, 5.74) is -2.85. The summed E-state index contributed by atoms with van der Waals surface area (Å²) in [5.74, 6) is -5.33. The molecule has 0 aliphatic rings. The normalized spacial score (nSPS) is 11.2. The van der Waals surface area contributed by atoms with Crippen LogP contribution in [0.2, 0.25) is 5.02 Å². The quantitative estimate of drug-likeness (QED) is 0.347. The number of rotatable bonds is 4. The van der Waals surface area contributed by atoms with Crippen molar-refractivity contribution in [1.29, 1.82) is 0 Å². The summed E-state index contributed by atoms with van der Waals surface area (Å²) >= 11 is 5.68. The minimum atomic E-state index is -4.95. The number of alkyl halides is 3. The zero-order valence-electron chi connectivity index (χ0n) is 15.7. The van der Waals surface area contributed by atoms with Gasteiger partial charge in [-0.1, -0.05) is 11.6 Å². The van der Waals surface area contributed by atoms with Crippen molar-refractivity contribution in [2.45, 2.75) is 6.18 Å². The lowest BCUT2D eigenvalue weighted by atomic mass is 10.1. The van der Waals surface area contributed by atoms with Crippen LogP contribution in [0.15, 0.2) is 54.6 Å². The first-order valence-electron chi connectivity index (χ1n) is 8.70. The van der Waals surface area contributed by atoms with Gasteiger partial charge in [-0.25, -0.2) is 13.2 Å². The Bertz CT molecular complexity index is 1200. The van der Waals surface area contributed by atoms with Gasteiger partial charge in [0.05, 0.1) is 21.8 Å². The van der Waals surface area contributed by atoms with Crippen LogP contribution in [0.4, 0.5) is 37.7 Å². The van der Waals surface area contributed by atoms with Gasteiger partial charge in [0, 0.05) is 11.3 Å². The molecule has 32 heavy (non-hydrogen) atoms. The maximum Gasteiger partial charge on any atom is 0.418 e. The number of nitrogens with one attached hydrogen (secondary N) is 2. The van der Waals surface area contributed by atoms with Crippen molar-refractivity contribution in [2.75, 3.05) is 10.6 Å². The Kier molecular flexibility index (Phi) is 6.45. The number of carbonyl (C=O) groups excluding carboxylic acids is 2. The van der Waals surface area contributed by atoms with Gasteiger partial charge in [-0.3, -0.25) is 9.59 Å². The zero-order valence-corrected chi connectivity index (χ0v) is 16.4. The molecule has 3 aromatic rings. The second-order valence-corrected chi connectivity index (χ2v) is 6.83. The van der Waals surface area contributed by atoms with Crippen molar-refractivity contribution < 1.29 is 35.9 Å². The number of carbonyl (C=O) groups is 2. The summed E-state index contributed by atoms with van der Waals surface area (Å²) in [6, 6.07) is 7.82. The number of halogens is 7. The summed E-state index contributed by atoms with van der Waals surface area (Å²) in [7, 11) is 0. The van der Waals surface area contributed by atoms with E-state index in [0.29, 0.717) is 18.2 Å². The molecule has 0 atom stereocenters. The van der Waals surface area contributed by atoms with Crippen LogP contribution in [0.3, 0.4) is 0 Å². The van der Waals surface area contributed by atoms with E-state index in [1.165, 1.54) is 0 Å². The zero-order chi connectivity index (χ0) is 23.6. The second-order valence-electron chi connectivity index (χ2n) is 6.42. The molecule has 2 amide bonds. The number of hydrogen-bond acceptors (Lipinski definition) is 2. The van der Waals surface area contributed by atoms with Gasteiger partial charge in [-0.05, 0) is 54.6 Å². The van der Waals surface area contributed by atoms with Gasteiger partial charge >= 0.3 is 6.18 Å². The lowest BCUT2D eigenvalue weighted by molar-refractivity contribution is -0.136. The van der Waals surface area contributed by atoms with Crippen LogP contribution in [0.1, 0.15) is 26.3 Å². The SMILES string of the molecule is O=C(Nc1ccc(NC(=O)c2cc(F)c(F)cc2Cl)c(C(F)(F)F)c1)c1ccc(F)cc1. The number of amides is 2. The van der Waals surface area contributed by atoms with Crippen molar-refractivity contribution in [3.05, 3.63) is 93.8 Å². The number of benzene rings is 3. The Labute approximate surface area is 181 Å². The molecule has 0 aliphatic heterocycles. The third-order valence-corrected chi connectivity index (χ3v) is 4.50. The molecule has 0 aliphatic carbocycles. The minimum absolute atomic E-state index is 0.00492. The van der Waals surface area contributed by atoms with Gasteiger partial charge in [0.1, 0.15) is 5.82 Å². The van der Waals surface area contributed by atoms with E-state index in [2.05, 4.69) is 5.32 Å². The molecule has 0 saturated carbocycles. The molecule has 11 heteroatoms. The Morgan fingerprint density at radius 1 is 0.781 bits per heavy atom. The van der Waals surface area contributed by atoms with Crippen LogP contribution < -0.4 is 10.6 Å². The monoisotopic (exact) mass is 472 g/mol. The smallest absolute Gasteiger partial charge is 0.322 e. The van der Waals surface area contributed by atoms with Gasteiger partial charge in [0.15, 0.2) is 11.6 Å². The van der Waals surface area contributed by atoms with Crippen LogP contribution in [0.25, 0.3) is 0 Å². The molecule has 0 heterocycles. The van der Waals surface area contributed by atoms with Crippen LogP contribution in [-0.4, -0.2) is 11.8 Å². The van der Waals surface area contributed by atoms with Crippen LogP contribution in [-0.2, 0) is 6.18 Å².